The fraction of sp³-hybridized carbons (Fsp3) is 0.105. The Labute approximate surface area is 153 Å². The van der Waals surface area contributed by atoms with E-state index in [4.69, 9.17) is 0 Å². The molecule has 26 heavy (non-hydrogen) atoms. The molecule has 2 heterocycles. The van der Waals surface area contributed by atoms with Crippen molar-refractivity contribution in [3.63, 3.8) is 0 Å². The molecule has 0 saturated heterocycles. The third-order valence-electron chi connectivity index (χ3n) is 3.99. The Balaban J connectivity index is 1.59. The molecule has 0 spiro atoms. The van der Waals surface area contributed by atoms with Gasteiger partial charge < -0.3 is 15.1 Å². The molecule has 0 aliphatic carbocycles. The number of benzene rings is 2. The van der Waals surface area contributed by atoms with Crippen molar-refractivity contribution < 1.29 is 5.11 Å². The zero-order valence-corrected chi connectivity index (χ0v) is 14.8. The number of hydrogen-bond acceptors (Lipinski definition) is 5. The van der Waals surface area contributed by atoms with Gasteiger partial charge in [0.05, 0.1) is 27.8 Å². The van der Waals surface area contributed by atoms with Gasteiger partial charge in [-0.2, -0.15) is 5.26 Å². The third-order valence-corrected chi connectivity index (χ3v) is 4.87. The van der Waals surface area contributed by atoms with Gasteiger partial charge in [-0.1, -0.05) is 30.0 Å². The number of H-pyrrole nitrogens is 2. The number of para-hydroxylation sites is 2. The van der Waals surface area contributed by atoms with Gasteiger partial charge in [-0.15, -0.1) is 0 Å². The topological polar surface area (TPSA) is 101 Å². The number of aliphatic hydroxyl groups is 1. The van der Waals surface area contributed by atoms with Crippen molar-refractivity contribution in [2.75, 3.05) is 5.75 Å². The van der Waals surface area contributed by atoms with Gasteiger partial charge in [-0.25, -0.2) is 9.97 Å². The van der Waals surface area contributed by atoms with Crippen molar-refractivity contribution in [1.29, 1.82) is 5.26 Å². The molecule has 2 aromatic heterocycles. The monoisotopic (exact) mass is 361 g/mol. The number of imidazole rings is 2. The van der Waals surface area contributed by atoms with Gasteiger partial charge >= 0.3 is 0 Å². The van der Waals surface area contributed by atoms with Gasteiger partial charge in [-0.3, -0.25) is 0 Å². The highest BCUT2D eigenvalue weighted by molar-refractivity contribution is 7.99. The molecule has 0 radical (unpaired) electrons. The molecule has 6 nitrogen and oxygen atoms in total. The fourth-order valence-electron chi connectivity index (χ4n) is 2.70. The van der Waals surface area contributed by atoms with E-state index in [1.54, 1.807) is 0 Å². The molecule has 0 bridgehead atoms. The number of nitrogens with zero attached hydrogens (tertiary/aromatic N) is 3. The largest absolute Gasteiger partial charge is 0.510 e. The lowest BCUT2D eigenvalue weighted by Gasteiger charge is -2.00. The van der Waals surface area contributed by atoms with Crippen LogP contribution >= 0.6 is 11.8 Å². The number of hydrogen-bond donors (Lipinski definition) is 3. The summed E-state index contributed by atoms with van der Waals surface area (Å²) in [6, 6.07) is 15.5. The number of aromatic amines is 2. The second-order valence-corrected chi connectivity index (χ2v) is 6.85. The minimum atomic E-state index is -0.0341. The molecule has 2 aromatic carbocycles. The SMILES string of the molecule is Cc1ccc2nc(SCC(O)=C(C#N)c3nc4ccccc4[nH]3)[nH]c2c1. The van der Waals surface area contributed by atoms with Gasteiger partial charge in [0.15, 0.2) is 11.0 Å². The van der Waals surface area contributed by atoms with E-state index in [2.05, 4.69) is 19.9 Å². The number of allylic oxidation sites excluding steroid dienone is 1. The molecular weight excluding hydrogens is 346 g/mol. The molecule has 128 valence electrons. The van der Waals surface area contributed by atoms with E-state index in [0.717, 1.165) is 27.6 Å². The van der Waals surface area contributed by atoms with Crippen LogP contribution in [0.25, 0.3) is 27.6 Å². The molecule has 0 amide bonds. The van der Waals surface area contributed by atoms with Crippen LogP contribution < -0.4 is 0 Å². The maximum absolute atomic E-state index is 10.4. The van der Waals surface area contributed by atoms with Gasteiger partial charge in [-0.05, 0) is 36.8 Å². The molecule has 3 N–H and O–H groups in total. The lowest BCUT2D eigenvalue weighted by molar-refractivity contribution is 0.420. The Morgan fingerprint density at radius 1 is 1.12 bits per heavy atom. The smallest absolute Gasteiger partial charge is 0.166 e. The standard InChI is InChI=1S/C19H15N5OS/c1-11-6-7-15-16(8-11)24-19(23-15)26-10-17(25)12(9-20)18-21-13-4-2-3-5-14(13)22-18/h2-8,25H,10H2,1H3,(H,21,22)(H,23,24). The number of rotatable bonds is 4. The van der Waals surface area contributed by atoms with E-state index in [1.807, 2.05) is 55.5 Å². The highest BCUT2D eigenvalue weighted by atomic mass is 32.2. The summed E-state index contributed by atoms with van der Waals surface area (Å²) in [6.07, 6.45) is 0. The summed E-state index contributed by atoms with van der Waals surface area (Å²) in [5.41, 5.74) is 4.69. The molecule has 4 rings (SSSR count). The summed E-state index contributed by atoms with van der Waals surface area (Å²) in [5, 5.41) is 20.6. The van der Waals surface area contributed by atoms with Crippen LogP contribution in [-0.2, 0) is 0 Å². The quantitative estimate of drug-likeness (QED) is 0.285. The van der Waals surface area contributed by atoms with Crippen LogP contribution in [0.3, 0.4) is 0 Å². The van der Waals surface area contributed by atoms with Crippen molar-refractivity contribution in [1.82, 2.24) is 19.9 Å². The molecule has 0 unspecified atom stereocenters. The zero-order valence-electron chi connectivity index (χ0n) is 13.9. The van der Waals surface area contributed by atoms with Gasteiger partial charge in [0.1, 0.15) is 17.4 Å². The van der Waals surface area contributed by atoms with Crippen molar-refractivity contribution >= 4 is 39.4 Å². The van der Waals surface area contributed by atoms with Crippen molar-refractivity contribution in [3.8, 4) is 6.07 Å². The van der Waals surface area contributed by atoms with E-state index in [9.17, 15) is 10.4 Å². The number of aromatic nitrogens is 4. The summed E-state index contributed by atoms with van der Waals surface area (Å²) in [6.45, 7) is 2.02. The van der Waals surface area contributed by atoms with Gasteiger partial charge in [0.25, 0.3) is 0 Å². The van der Waals surface area contributed by atoms with E-state index >= 15 is 0 Å². The minimum absolute atomic E-state index is 0.0341. The first kappa shape index (κ1) is 16.2. The number of thioether (sulfide) groups is 1. The Morgan fingerprint density at radius 2 is 1.92 bits per heavy atom. The molecule has 7 heteroatoms. The molecule has 0 fully saturated rings. The normalized spacial score (nSPS) is 12.3. The van der Waals surface area contributed by atoms with E-state index < -0.39 is 0 Å². The van der Waals surface area contributed by atoms with Crippen LogP contribution in [0.5, 0.6) is 0 Å². The summed E-state index contributed by atoms with van der Waals surface area (Å²) in [7, 11) is 0. The second kappa shape index (κ2) is 6.58. The minimum Gasteiger partial charge on any atom is -0.510 e. The van der Waals surface area contributed by atoms with Gasteiger partial charge in [0.2, 0.25) is 0 Å². The highest BCUT2D eigenvalue weighted by Gasteiger charge is 2.14. The summed E-state index contributed by atoms with van der Waals surface area (Å²) in [4.78, 5) is 15.2. The number of nitrogens with one attached hydrogen (secondary N) is 2. The maximum atomic E-state index is 10.4. The van der Waals surface area contributed by atoms with Crippen LogP contribution in [0.2, 0.25) is 0 Å². The molecule has 0 saturated carbocycles. The number of aliphatic hydroxyl groups excluding tert-OH is 1. The van der Waals surface area contributed by atoms with E-state index in [1.165, 1.54) is 11.8 Å². The van der Waals surface area contributed by atoms with Crippen molar-refractivity contribution in [2.45, 2.75) is 12.1 Å². The average molecular weight is 361 g/mol. The highest BCUT2D eigenvalue weighted by Crippen LogP contribution is 2.25. The van der Waals surface area contributed by atoms with Crippen LogP contribution in [0.15, 0.2) is 53.4 Å². The summed E-state index contributed by atoms with van der Waals surface area (Å²) >= 11 is 1.34. The first-order valence-corrected chi connectivity index (χ1v) is 8.99. The van der Waals surface area contributed by atoms with Crippen LogP contribution in [0.4, 0.5) is 0 Å². The molecular formula is C19H15N5OS. The lowest BCUT2D eigenvalue weighted by Crippen LogP contribution is -1.95. The van der Waals surface area contributed by atoms with E-state index in [-0.39, 0.29) is 17.1 Å². The average Bonchev–Trinajstić information content (AvgIpc) is 3.23. The first-order chi connectivity index (χ1) is 12.6. The third kappa shape index (κ3) is 3.03. The lowest BCUT2D eigenvalue weighted by atomic mass is 10.2. The van der Waals surface area contributed by atoms with E-state index in [0.29, 0.717) is 11.0 Å². The van der Waals surface area contributed by atoms with Crippen LogP contribution in [0.1, 0.15) is 11.4 Å². The summed E-state index contributed by atoms with van der Waals surface area (Å²) < 4.78 is 0. The van der Waals surface area contributed by atoms with Crippen molar-refractivity contribution in [2.24, 2.45) is 0 Å². The summed E-state index contributed by atoms with van der Waals surface area (Å²) in [5.74, 6) is 0.555. The van der Waals surface area contributed by atoms with Gasteiger partial charge in [0, 0.05) is 0 Å². The Kier molecular flexibility index (Phi) is 4.11. The number of aryl methyl sites for hydroxylation is 1. The Morgan fingerprint density at radius 3 is 2.73 bits per heavy atom. The predicted molar refractivity (Wildman–Crippen MR) is 103 cm³/mol. The Bertz CT molecular complexity index is 1150. The zero-order chi connectivity index (χ0) is 18.1. The van der Waals surface area contributed by atoms with Crippen LogP contribution in [-0.4, -0.2) is 30.8 Å². The number of nitriles is 1. The van der Waals surface area contributed by atoms with Crippen LogP contribution in [0, 0.1) is 18.3 Å². The molecule has 0 aliphatic rings. The second-order valence-electron chi connectivity index (χ2n) is 5.89. The first-order valence-electron chi connectivity index (χ1n) is 8.00. The number of fused-ring (bicyclic) bond motifs is 2. The fourth-order valence-corrected chi connectivity index (χ4v) is 3.47. The molecule has 0 aliphatic heterocycles. The van der Waals surface area contributed by atoms with Crippen molar-refractivity contribution in [3.05, 3.63) is 59.6 Å². The predicted octanol–water partition coefficient (Wildman–Crippen LogP) is 4.33. The Hall–Kier alpha value is -3.24. The molecule has 4 aromatic rings. The maximum Gasteiger partial charge on any atom is 0.166 e. The molecule has 0 atom stereocenters.